The molecule has 2 fully saturated rings. The summed E-state index contributed by atoms with van der Waals surface area (Å²) in [6.45, 7) is 4.01. The molecule has 3 heterocycles. The highest BCUT2D eigenvalue weighted by Gasteiger charge is 2.35. The van der Waals surface area contributed by atoms with Crippen LogP contribution in [0.15, 0.2) is 6.20 Å². The van der Waals surface area contributed by atoms with Crippen molar-refractivity contribution >= 4 is 9.84 Å². The number of hydrogen-bond acceptors (Lipinski definition) is 4. The molecule has 5 nitrogen and oxygen atoms in total. The van der Waals surface area contributed by atoms with Crippen LogP contribution in [0.2, 0.25) is 0 Å². The molecule has 2 atom stereocenters. The van der Waals surface area contributed by atoms with E-state index in [2.05, 4.69) is 10.4 Å². The van der Waals surface area contributed by atoms with Crippen molar-refractivity contribution in [3.05, 3.63) is 17.5 Å². The second-order valence-corrected chi connectivity index (χ2v) is 7.56. The van der Waals surface area contributed by atoms with Gasteiger partial charge in [0.25, 0.3) is 0 Å². The summed E-state index contributed by atoms with van der Waals surface area (Å²) in [6, 6.07) is 0. The molecular weight excluding hydrogens is 250 g/mol. The molecule has 1 aromatic heterocycles. The smallest absolute Gasteiger partial charge is 0.173 e. The van der Waals surface area contributed by atoms with Crippen molar-refractivity contribution in [2.75, 3.05) is 18.8 Å². The predicted octanol–water partition coefficient (Wildman–Crippen LogP) is 0.976. The molecule has 2 saturated heterocycles. The first-order chi connectivity index (χ1) is 8.59. The lowest BCUT2D eigenvalue weighted by molar-refractivity contribution is 0.518. The molecule has 0 bridgehead atoms. The molecular formula is C12H19N3O2S. The minimum absolute atomic E-state index is 0.303. The Morgan fingerprint density at radius 3 is 2.89 bits per heavy atom. The van der Waals surface area contributed by atoms with Gasteiger partial charge in [0.05, 0.1) is 11.9 Å². The zero-order valence-corrected chi connectivity index (χ0v) is 11.4. The Kier molecular flexibility index (Phi) is 2.94. The lowest BCUT2D eigenvalue weighted by atomic mass is 9.99. The summed E-state index contributed by atoms with van der Waals surface area (Å²) in [5, 5.41) is 7.26. The molecule has 18 heavy (non-hydrogen) atoms. The molecule has 2 aliphatic heterocycles. The van der Waals surface area contributed by atoms with Crippen LogP contribution in [0.4, 0.5) is 0 Å². The summed E-state index contributed by atoms with van der Waals surface area (Å²) in [7, 11) is -2.99. The van der Waals surface area contributed by atoms with Crippen LogP contribution in [0.5, 0.6) is 0 Å². The van der Waals surface area contributed by atoms with Crippen LogP contribution >= 0.6 is 0 Å². The highest BCUT2D eigenvalue weighted by Crippen LogP contribution is 2.33. The topological polar surface area (TPSA) is 64.0 Å². The van der Waals surface area contributed by atoms with Crippen LogP contribution < -0.4 is 5.32 Å². The summed E-state index contributed by atoms with van der Waals surface area (Å²) in [5.41, 5.74) is 2.24. The molecule has 0 aromatic carbocycles. The Balaban J connectivity index is 1.94. The summed E-state index contributed by atoms with van der Waals surface area (Å²) in [5.74, 6) is 0.792. The second kappa shape index (κ2) is 4.35. The largest absolute Gasteiger partial charge is 0.316 e. The summed E-state index contributed by atoms with van der Waals surface area (Å²) in [6.07, 6.45) is 4.44. The molecule has 1 N–H and O–H groups in total. The molecule has 0 aliphatic carbocycles. The first-order valence-corrected chi connectivity index (χ1v) is 8.27. The van der Waals surface area contributed by atoms with E-state index in [1.807, 2.05) is 13.1 Å². The molecule has 0 spiro atoms. The third-order valence-electron chi connectivity index (χ3n) is 4.15. The van der Waals surface area contributed by atoms with Gasteiger partial charge in [-0.15, -0.1) is 0 Å². The molecule has 100 valence electrons. The van der Waals surface area contributed by atoms with Crippen molar-refractivity contribution in [2.24, 2.45) is 0 Å². The van der Waals surface area contributed by atoms with Gasteiger partial charge in [-0.3, -0.25) is 4.68 Å². The SMILES string of the molecule is Cc1c(C2CCNC2)cnn1C1CCCS1(=O)=O. The number of sulfone groups is 1. The number of nitrogens with one attached hydrogen (secondary N) is 1. The van der Waals surface area contributed by atoms with Gasteiger partial charge in [0.1, 0.15) is 0 Å². The Labute approximate surface area is 107 Å². The highest BCUT2D eigenvalue weighted by atomic mass is 32.2. The molecule has 6 heteroatoms. The summed E-state index contributed by atoms with van der Waals surface area (Å²) < 4.78 is 25.7. The first kappa shape index (κ1) is 12.2. The van der Waals surface area contributed by atoms with Crippen LogP contribution in [-0.2, 0) is 9.84 Å². The van der Waals surface area contributed by atoms with Crippen molar-refractivity contribution in [3.63, 3.8) is 0 Å². The summed E-state index contributed by atoms with van der Waals surface area (Å²) >= 11 is 0. The van der Waals surface area contributed by atoms with Crippen molar-refractivity contribution in [1.29, 1.82) is 0 Å². The van der Waals surface area contributed by atoms with Crippen molar-refractivity contribution < 1.29 is 8.42 Å². The molecule has 2 aliphatic rings. The number of hydrogen-bond donors (Lipinski definition) is 1. The standard InChI is InChI=1S/C12H19N3O2S/c1-9-11(10-4-5-13-7-10)8-14-15(9)12-3-2-6-18(12,16)17/h8,10,12-13H,2-7H2,1H3. The Hall–Kier alpha value is -0.880. The van der Waals surface area contributed by atoms with E-state index in [4.69, 9.17) is 0 Å². The third kappa shape index (κ3) is 1.87. The maximum absolute atomic E-state index is 12.0. The van der Waals surface area contributed by atoms with Gasteiger partial charge < -0.3 is 5.32 Å². The third-order valence-corrected chi connectivity index (χ3v) is 6.27. The second-order valence-electron chi connectivity index (χ2n) is 5.28. The maximum Gasteiger partial charge on any atom is 0.173 e. The lowest BCUT2D eigenvalue weighted by Crippen LogP contribution is -2.18. The van der Waals surface area contributed by atoms with E-state index in [9.17, 15) is 8.42 Å². The van der Waals surface area contributed by atoms with Crippen LogP contribution in [-0.4, -0.2) is 37.0 Å². The van der Waals surface area contributed by atoms with Crippen LogP contribution in [0.1, 0.15) is 41.8 Å². The van der Waals surface area contributed by atoms with Gasteiger partial charge in [-0.05, 0) is 38.3 Å². The molecule has 3 rings (SSSR count). The monoisotopic (exact) mass is 269 g/mol. The minimum Gasteiger partial charge on any atom is -0.316 e. The van der Waals surface area contributed by atoms with Crippen molar-refractivity contribution in [3.8, 4) is 0 Å². The molecule has 2 unspecified atom stereocenters. The molecule has 1 aromatic rings. The number of nitrogens with zero attached hydrogens (tertiary/aromatic N) is 2. The molecule has 0 radical (unpaired) electrons. The predicted molar refractivity (Wildman–Crippen MR) is 69.2 cm³/mol. The van der Waals surface area contributed by atoms with E-state index in [-0.39, 0.29) is 0 Å². The molecule has 0 saturated carbocycles. The zero-order valence-electron chi connectivity index (χ0n) is 10.6. The van der Waals surface area contributed by atoms with Gasteiger partial charge in [-0.1, -0.05) is 0 Å². The Morgan fingerprint density at radius 2 is 2.28 bits per heavy atom. The first-order valence-electron chi connectivity index (χ1n) is 6.56. The fourth-order valence-electron chi connectivity index (χ4n) is 3.10. The van der Waals surface area contributed by atoms with Crippen molar-refractivity contribution in [1.82, 2.24) is 15.1 Å². The maximum atomic E-state index is 12.0. The fourth-order valence-corrected chi connectivity index (χ4v) is 4.98. The lowest BCUT2D eigenvalue weighted by Gasteiger charge is -2.14. The van der Waals surface area contributed by atoms with E-state index in [0.29, 0.717) is 18.1 Å². The fraction of sp³-hybridized carbons (Fsp3) is 0.750. The van der Waals surface area contributed by atoms with Gasteiger partial charge in [-0.25, -0.2) is 8.42 Å². The molecule has 0 amide bonds. The van der Waals surface area contributed by atoms with Gasteiger partial charge in [0, 0.05) is 18.2 Å². The quantitative estimate of drug-likeness (QED) is 0.869. The minimum atomic E-state index is -2.99. The van der Waals surface area contributed by atoms with E-state index in [1.54, 1.807) is 4.68 Å². The van der Waals surface area contributed by atoms with Gasteiger partial charge >= 0.3 is 0 Å². The van der Waals surface area contributed by atoms with Gasteiger partial charge in [0.15, 0.2) is 15.2 Å². The average molecular weight is 269 g/mol. The van der Waals surface area contributed by atoms with Gasteiger partial charge in [0.2, 0.25) is 0 Å². The number of aromatic nitrogens is 2. The van der Waals surface area contributed by atoms with Crippen LogP contribution in [0.3, 0.4) is 0 Å². The average Bonchev–Trinajstić information content (AvgIpc) is 2.98. The van der Waals surface area contributed by atoms with E-state index < -0.39 is 15.2 Å². The van der Waals surface area contributed by atoms with Crippen molar-refractivity contribution in [2.45, 2.75) is 37.5 Å². The summed E-state index contributed by atoms with van der Waals surface area (Å²) in [4.78, 5) is 0. The van der Waals surface area contributed by atoms with Crippen LogP contribution in [0, 0.1) is 6.92 Å². The normalized spacial score (nSPS) is 30.9. The van der Waals surface area contributed by atoms with E-state index in [1.165, 1.54) is 5.56 Å². The van der Waals surface area contributed by atoms with E-state index in [0.717, 1.165) is 31.6 Å². The number of rotatable bonds is 2. The van der Waals surface area contributed by atoms with E-state index >= 15 is 0 Å². The highest BCUT2D eigenvalue weighted by molar-refractivity contribution is 7.91. The zero-order chi connectivity index (χ0) is 12.8. The Bertz CT molecular complexity index is 544. The van der Waals surface area contributed by atoms with Crippen LogP contribution in [0.25, 0.3) is 0 Å². The Morgan fingerprint density at radius 1 is 1.44 bits per heavy atom. The van der Waals surface area contributed by atoms with Gasteiger partial charge in [-0.2, -0.15) is 5.10 Å².